The highest BCUT2D eigenvalue weighted by molar-refractivity contribution is 6.03. The Bertz CT molecular complexity index is 1100. The van der Waals surface area contributed by atoms with Gasteiger partial charge in [0.05, 0.1) is 6.54 Å². The zero-order valence-electron chi connectivity index (χ0n) is 16.0. The molecule has 0 atom stereocenters. The summed E-state index contributed by atoms with van der Waals surface area (Å²) in [5.41, 5.74) is 2.76. The highest BCUT2D eigenvalue weighted by atomic mass is 16.5. The first-order valence-electron chi connectivity index (χ1n) is 9.56. The Labute approximate surface area is 170 Å². The first kappa shape index (κ1) is 18.6. The molecule has 2 N–H and O–H groups in total. The van der Waals surface area contributed by atoms with Gasteiger partial charge in [-0.1, -0.05) is 72.8 Å². The number of carbonyl (C=O) groups excluding carboxylic acids is 1. The Morgan fingerprint density at radius 1 is 0.793 bits per heavy atom. The minimum atomic E-state index is -0.100. The third kappa shape index (κ3) is 4.93. The van der Waals surface area contributed by atoms with E-state index < -0.39 is 0 Å². The quantitative estimate of drug-likeness (QED) is 0.446. The second-order valence-corrected chi connectivity index (χ2v) is 6.73. The third-order valence-electron chi connectivity index (χ3n) is 4.60. The predicted octanol–water partition coefficient (Wildman–Crippen LogP) is 5.47. The lowest BCUT2D eigenvalue weighted by molar-refractivity contribution is -0.114. The Kier molecular flexibility index (Phi) is 5.72. The monoisotopic (exact) mass is 382 g/mol. The molecule has 0 saturated heterocycles. The van der Waals surface area contributed by atoms with Crippen LogP contribution in [-0.2, 0) is 11.4 Å². The fourth-order valence-electron chi connectivity index (χ4n) is 3.15. The third-order valence-corrected chi connectivity index (χ3v) is 4.60. The number of carbonyl (C=O) groups is 1. The van der Waals surface area contributed by atoms with E-state index in [2.05, 4.69) is 10.6 Å². The number of hydrogen-bond donors (Lipinski definition) is 2. The van der Waals surface area contributed by atoms with Gasteiger partial charge in [-0.05, 0) is 29.1 Å². The lowest BCUT2D eigenvalue weighted by Gasteiger charge is -2.11. The van der Waals surface area contributed by atoms with Gasteiger partial charge in [0.25, 0.3) is 0 Å². The maximum atomic E-state index is 12.4. The number of anilines is 2. The molecule has 0 aromatic heterocycles. The van der Waals surface area contributed by atoms with Crippen LogP contribution in [0, 0.1) is 0 Å². The molecule has 4 heteroatoms. The molecular weight excluding hydrogens is 360 g/mol. The molecule has 0 aliphatic carbocycles. The second kappa shape index (κ2) is 8.93. The topological polar surface area (TPSA) is 50.4 Å². The van der Waals surface area contributed by atoms with Crippen LogP contribution in [0.3, 0.4) is 0 Å². The molecule has 0 radical (unpaired) electrons. The minimum Gasteiger partial charge on any atom is -0.489 e. The molecule has 0 saturated carbocycles. The van der Waals surface area contributed by atoms with Crippen LogP contribution >= 0.6 is 0 Å². The van der Waals surface area contributed by atoms with Gasteiger partial charge < -0.3 is 15.4 Å². The Morgan fingerprint density at radius 2 is 1.55 bits per heavy atom. The van der Waals surface area contributed by atoms with Gasteiger partial charge in [-0.25, -0.2) is 0 Å². The van der Waals surface area contributed by atoms with Crippen molar-refractivity contribution in [3.05, 3.63) is 103 Å². The predicted molar refractivity (Wildman–Crippen MR) is 118 cm³/mol. The van der Waals surface area contributed by atoms with Crippen molar-refractivity contribution in [3.63, 3.8) is 0 Å². The van der Waals surface area contributed by atoms with Crippen LogP contribution in [0.5, 0.6) is 5.75 Å². The van der Waals surface area contributed by atoms with Crippen molar-refractivity contribution < 1.29 is 9.53 Å². The average Bonchev–Trinajstić information content (AvgIpc) is 2.78. The molecular formula is C25H22N2O2. The molecule has 4 rings (SSSR count). The van der Waals surface area contributed by atoms with Crippen molar-refractivity contribution in [2.75, 3.05) is 17.2 Å². The van der Waals surface area contributed by atoms with Crippen LogP contribution in [0.25, 0.3) is 10.8 Å². The van der Waals surface area contributed by atoms with Gasteiger partial charge in [0.1, 0.15) is 12.4 Å². The summed E-state index contributed by atoms with van der Waals surface area (Å²) in [4.78, 5) is 12.4. The van der Waals surface area contributed by atoms with Crippen LogP contribution in [0.1, 0.15) is 5.56 Å². The molecule has 1 amide bonds. The number of amides is 1. The summed E-state index contributed by atoms with van der Waals surface area (Å²) in [6.45, 7) is 0.678. The van der Waals surface area contributed by atoms with Gasteiger partial charge >= 0.3 is 0 Å². The van der Waals surface area contributed by atoms with Crippen molar-refractivity contribution in [3.8, 4) is 5.75 Å². The molecule has 0 fully saturated rings. The molecule has 0 aliphatic heterocycles. The first-order valence-corrected chi connectivity index (χ1v) is 9.56. The lowest BCUT2D eigenvalue weighted by atomic mass is 10.1. The molecule has 0 heterocycles. The zero-order chi connectivity index (χ0) is 19.9. The summed E-state index contributed by atoms with van der Waals surface area (Å²) in [5, 5.41) is 8.27. The number of ether oxygens (including phenoxy) is 1. The van der Waals surface area contributed by atoms with Crippen molar-refractivity contribution in [2.45, 2.75) is 6.61 Å². The number of hydrogen-bond acceptors (Lipinski definition) is 3. The SMILES string of the molecule is O=C(CNc1cccc(OCc2ccccc2)c1)Nc1cccc2ccccc12. The summed E-state index contributed by atoms with van der Waals surface area (Å²) >= 11 is 0. The van der Waals surface area contributed by atoms with Crippen LogP contribution in [-0.4, -0.2) is 12.5 Å². The van der Waals surface area contributed by atoms with E-state index >= 15 is 0 Å². The highest BCUT2D eigenvalue weighted by Gasteiger charge is 2.06. The second-order valence-electron chi connectivity index (χ2n) is 6.73. The van der Waals surface area contributed by atoms with Crippen LogP contribution in [0.2, 0.25) is 0 Å². The van der Waals surface area contributed by atoms with E-state index in [4.69, 9.17) is 4.74 Å². The van der Waals surface area contributed by atoms with E-state index in [1.54, 1.807) is 0 Å². The van der Waals surface area contributed by atoms with E-state index in [1.165, 1.54) is 0 Å². The lowest BCUT2D eigenvalue weighted by Crippen LogP contribution is -2.21. The van der Waals surface area contributed by atoms with Crippen molar-refractivity contribution in [1.82, 2.24) is 0 Å². The van der Waals surface area contributed by atoms with E-state index in [9.17, 15) is 4.79 Å². The molecule has 4 aromatic carbocycles. The van der Waals surface area contributed by atoms with Gasteiger partial charge in [-0.15, -0.1) is 0 Å². The Morgan fingerprint density at radius 3 is 2.45 bits per heavy atom. The van der Waals surface area contributed by atoms with Gasteiger partial charge in [-0.3, -0.25) is 4.79 Å². The highest BCUT2D eigenvalue weighted by Crippen LogP contribution is 2.23. The molecule has 4 nitrogen and oxygen atoms in total. The largest absolute Gasteiger partial charge is 0.489 e. The Hall–Kier alpha value is -3.79. The van der Waals surface area contributed by atoms with Crippen molar-refractivity contribution >= 4 is 28.1 Å². The molecule has 0 unspecified atom stereocenters. The smallest absolute Gasteiger partial charge is 0.243 e. The molecule has 0 aliphatic rings. The summed E-state index contributed by atoms with van der Waals surface area (Å²) in [7, 11) is 0. The fraction of sp³-hybridized carbons (Fsp3) is 0.0800. The summed E-state index contributed by atoms with van der Waals surface area (Å²) in [5.74, 6) is 0.658. The molecule has 144 valence electrons. The van der Waals surface area contributed by atoms with Gasteiger partial charge in [0.15, 0.2) is 0 Å². The van der Waals surface area contributed by atoms with Crippen LogP contribution in [0.4, 0.5) is 11.4 Å². The Balaban J connectivity index is 1.34. The average molecular weight is 382 g/mol. The number of fused-ring (bicyclic) bond motifs is 1. The number of nitrogens with one attached hydrogen (secondary N) is 2. The van der Waals surface area contributed by atoms with E-state index in [0.717, 1.165) is 33.5 Å². The maximum Gasteiger partial charge on any atom is 0.243 e. The zero-order valence-corrected chi connectivity index (χ0v) is 16.0. The van der Waals surface area contributed by atoms with Gasteiger partial charge in [-0.2, -0.15) is 0 Å². The maximum absolute atomic E-state index is 12.4. The molecule has 0 bridgehead atoms. The summed E-state index contributed by atoms with van der Waals surface area (Å²) < 4.78 is 5.84. The minimum absolute atomic E-state index is 0.100. The number of rotatable bonds is 7. The number of benzene rings is 4. The van der Waals surface area contributed by atoms with Crippen molar-refractivity contribution in [1.29, 1.82) is 0 Å². The van der Waals surface area contributed by atoms with Gasteiger partial charge in [0, 0.05) is 22.8 Å². The van der Waals surface area contributed by atoms with E-state index in [0.29, 0.717) is 6.61 Å². The summed E-state index contributed by atoms with van der Waals surface area (Å²) in [6, 6.07) is 31.5. The molecule has 29 heavy (non-hydrogen) atoms. The molecule has 0 spiro atoms. The van der Waals surface area contributed by atoms with E-state index in [-0.39, 0.29) is 12.5 Å². The fourth-order valence-corrected chi connectivity index (χ4v) is 3.15. The summed E-state index contributed by atoms with van der Waals surface area (Å²) in [6.07, 6.45) is 0. The van der Waals surface area contributed by atoms with Crippen LogP contribution < -0.4 is 15.4 Å². The van der Waals surface area contributed by atoms with E-state index in [1.807, 2.05) is 97.1 Å². The normalized spacial score (nSPS) is 10.5. The van der Waals surface area contributed by atoms with Gasteiger partial charge in [0.2, 0.25) is 5.91 Å². The van der Waals surface area contributed by atoms with Crippen LogP contribution in [0.15, 0.2) is 97.1 Å². The van der Waals surface area contributed by atoms with Crippen molar-refractivity contribution in [2.24, 2.45) is 0 Å². The molecule has 4 aromatic rings. The standard InChI is InChI=1S/C25H22N2O2/c28-25(27-24-15-6-11-20-10-4-5-14-23(20)24)17-26-21-12-7-13-22(16-21)29-18-19-8-2-1-3-9-19/h1-16,26H,17-18H2,(H,27,28). The first-order chi connectivity index (χ1) is 14.3.